The summed E-state index contributed by atoms with van der Waals surface area (Å²) in [7, 11) is 0. The molecule has 0 radical (unpaired) electrons. The second kappa shape index (κ2) is 7.17. The minimum Gasteiger partial charge on any atom is -0.299 e. The highest BCUT2D eigenvalue weighted by Gasteiger charge is 2.31. The highest BCUT2D eigenvalue weighted by Crippen LogP contribution is 2.41. The Morgan fingerprint density at radius 3 is 2.75 bits per heavy atom. The number of carbonyl (C=O) groups is 1. The van der Waals surface area contributed by atoms with E-state index in [0.29, 0.717) is 28.3 Å². The molecule has 6 heteroatoms. The predicted molar refractivity (Wildman–Crippen MR) is 107 cm³/mol. The SMILES string of the molecule is O=C(CSc1nnc(-c2ccccc2F)n1C1CC1)c1ccc2c(c1)CCC2. The molecule has 2 aromatic carbocycles. The zero-order valence-electron chi connectivity index (χ0n) is 15.4. The third-order valence-corrected chi connectivity index (χ3v) is 6.39. The molecule has 2 aliphatic carbocycles. The fourth-order valence-electron chi connectivity index (χ4n) is 3.82. The Morgan fingerprint density at radius 1 is 1.11 bits per heavy atom. The summed E-state index contributed by atoms with van der Waals surface area (Å²) in [6.07, 6.45) is 5.41. The van der Waals surface area contributed by atoms with Crippen LogP contribution in [0.4, 0.5) is 4.39 Å². The van der Waals surface area contributed by atoms with Crippen LogP contribution in [0, 0.1) is 5.82 Å². The van der Waals surface area contributed by atoms with Crippen molar-refractivity contribution in [3.63, 3.8) is 0 Å². The molecule has 1 aromatic heterocycles. The predicted octanol–water partition coefficient (Wildman–Crippen LogP) is 4.88. The van der Waals surface area contributed by atoms with Crippen molar-refractivity contribution in [2.24, 2.45) is 0 Å². The van der Waals surface area contributed by atoms with Crippen molar-refractivity contribution >= 4 is 17.5 Å². The van der Waals surface area contributed by atoms with Gasteiger partial charge in [-0.1, -0.05) is 36.0 Å². The summed E-state index contributed by atoms with van der Waals surface area (Å²) < 4.78 is 16.2. The van der Waals surface area contributed by atoms with Gasteiger partial charge in [0, 0.05) is 11.6 Å². The number of thioether (sulfide) groups is 1. The van der Waals surface area contributed by atoms with Crippen molar-refractivity contribution in [2.75, 3.05) is 5.75 Å². The smallest absolute Gasteiger partial charge is 0.192 e. The number of carbonyl (C=O) groups excluding carboxylic acids is 1. The molecule has 4 nitrogen and oxygen atoms in total. The van der Waals surface area contributed by atoms with Crippen LogP contribution in [0.5, 0.6) is 0 Å². The second-order valence-corrected chi connectivity index (χ2v) is 8.38. The van der Waals surface area contributed by atoms with Gasteiger partial charge in [-0.25, -0.2) is 4.39 Å². The van der Waals surface area contributed by atoms with E-state index in [-0.39, 0.29) is 11.6 Å². The van der Waals surface area contributed by atoms with Gasteiger partial charge >= 0.3 is 0 Å². The van der Waals surface area contributed by atoms with Crippen molar-refractivity contribution in [2.45, 2.75) is 43.3 Å². The Bertz CT molecular complexity index is 1060. The first-order valence-corrected chi connectivity index (χ1v) is 10.7. The van der Waals surface area contributed by atoms with Crippen LogP contribution < -0.4 is 0 Å². The Morgan fingerprint density at radius 2 is 1.93 bits per heavy atom. The largest absolute Gasteiger partial charge is 0.299 e. The Hall–Kier alpha value is -2.47. The number of rotatable bonds is 6. The minimum absolute atomic E-state index is 0.0949. The van der Waals surface area contributed by atoms with E-state index in [1.165, 1.54) is 35.4 Å². The van der Waals surface area contributed by atoms with Crippen LogP contribution in [-0.4, -0.2) is 26.3 Å². The molecule has 3 aromatic rings. The van der Waals surface area contributed by atoms with Crippen LogP contribution in [0.15, 0.2) is 47.6 Å². The van der Waals surface area contributed by atoms with E-state index in [0.717, 1.165) is 31.2 Å². The monoisotopic (exact) mass is 393 g/mol. The van der Waals surface area contributed by atoms with Gasteiger partial charge in [0.25, 0.3) is 0 Å². The first kappa shape index (κ1) is 17.6. The molecular formula is C22H20FN3OS. The molecule has 0 bridgehead atoms. The summed E-state index contributed by atoms with van der Waals surface area (Å²) in [5, 5.41) is 9.21. The van der Waals surface area contributed by atoms with Crippen LogP contribution in [0.3, 0.4) is 0 Å². The normalized spacial score (nSPS) is 15.6. The van der Waals surface area contributed by atoms with Gasteiger partial charge < -0.3 is 0 Å². The lowest BCUT2D eigenvalue weighted by Crippen LogP contribution is -2.06. The minimum atomic E-state index is -0.303. The van der Waals surface area contributed by atoms with Gasteiger partial charge in [0.15, 0.2) is 16.8 Å². The van der Waals surface area contributed by atoms with Crippen LogP contribution in [0.2, 0.25) is 0 Å². The van der Waals surface area contributed by atoms with Crippen LogP contribution in [0.25, 0.3) is 11.4 Å². The van der Waals surface area contributed by atoms with Gasteiger partial charge in [-0.2, -0.15) is 0 Å². The van der Waals surface area contributed by atoms with Gasteiger partial charge in [0.05, 0.1) is 11.3 Å². The zero-order chi connectivity index (χ0) is 19.1. The maximum Gasteiger partial charge on any atom is 0.192 e. The topological polar surface area (TPSA) is 47.8 Å². The van der Waals surface area contributed by atoms with E-state index in [2.05, 4.69) is 16.3 Å². The average Bonchev–Trinajstić information content (AvgIpc) is 3.28. The quantitative estimate of drug-likeness (QED) is 0.442. The van der Waals surface area contributed by atoms with Gasteiger partial charge in [-0.15, -0.1) is 10.2 Å². The van der Waals surface area contributed by atoms with Gasteiger partial charge in [-0.3, -0.25) is 9.36 Å². The standard InChI is InChI=1S/C22H20FN3OS/c23-19-7-2-1-6-18(19)21-24-25-22(26(21)17-10-11-17)28-13-20(27)16-9-8-14-4-3-5-15(14)12-16/h1-2,6-9,12,17H,3-5,10-11,13H2. The van der Waals surface area contributed by atoms with E-state index >= 15 is 0 Å². The summed E-state index contributed by atoms with van der Waals surface area (Å²) in [6, 6.07) is 13.0. The lowest BCUT2D eigenvalue weighted by molar-refractivity contribution is 0.102. The summed E-state index contributed by atoms with van der Waals surface area (Å²) in [5.41, 5.74) is 3.89. The number of halogens is 1. The van der Waals surface area contributed by atoms with E-state index in [9.17, 15) is 9.18 Å². The van der Waals surface area contributed by atoms with E-state index in [1.807, 2.05) is 16.7 Å². The molecule has 0 saturated heterocycles. The highest BCUT2D eigenvalue weighted by molar-refractivity contribution is 7.99. The third kappa shape index (κ3) is 3.26. The third-order valence-electron chi connectivity index (χ3n) is 5.44. The summed E-state index contributed by atoms with van der Waals surface area (Å²) in [4.78, 5) is 12.7. The Labute approximate surface area is 167 Å². The Balaban J connectivity index is 1.37. The molecule has 28 heavy (non-hydrogen) atoms. The second-order valence-electron chi connectivity index (χ2n) is 7.44. The van der Waals surface area contributed by atoms with E-state index in [1.54, 1.807) is 18.2 Å². The molecule has 0 aliphatic heterocycles. The molecule has 1 heterocycles. The zero-order valence-corrected chi connectivity index (χ0v) is 16.2. The average molecular weight is 393 g/mol. The molecule has 1 fully saturated rings. The number of Topliss-reactive ketones (excluding diaryl/α,β-unsaturated/α-hetero) is 1. The number of ketones is 1. The summed E-state index contributed by atoms with van der Waals surface area (Å²) >= 11 is 1.39. The molecule has 5 rings (SSSR count). The van der Waals surface area contributed by atoms with Crippen LogP contribution >= 0.6 is 11.8 Å². The van der Waals surface area contributed by atoms with Gasteiger partial charge in [0.1, 0.15) is 5.82 Å². The molecule has 0 atom stereocenters. The first-order valence-electron chi connectivity index (χ1n) is 9.68. The Kier molecular flexibility index (Phi) is 4.51. The van der Waals surface area contributed by atoms with Crippen molar-refractivity contribution in [3.05, 3.63) is 65.0 Å². The molecule has 0 N–H and O–H groups in total. The summed E-state index contributed by atoms with van der Waals surface area (Å²) in [5.74, 6) is 0.647. The fourth-order valence-corrected chi connectivity index (χ4v) is 4.72. The lowest BCUT2D eigenvalue weighted by Gasteiger charge is -2.09. The van der Waals surface area contributed by atoms with Crippen LogP contribution in [-0.2, 0) is 12.8 Å². The molecule has 0 unspecified atom stereocenters. The number of hydrogen-bond acceptors (Lipinski definition) is 4. The first-order chi connectivity index (χ1) is 13.7. The van der Waals surface area contributed by atoms with Crippen LogP contribution in [0.1, 0.15) is 46.8 Å². The number of aromatic nitrogens is 3. The molecule has 2 aliphatic rings. The number of nitrogens with zero attached hydrogens (tertiary/aromatic N) is 3. The maximum absolute atomic E-state index is 14.3. The van der Waals surface area contributed by atoms with Gasteiger partial charge in [-0.05, 0) is 61.4 Å². The molecular weight excluding hydrogens is 373 g/mol. The number of benzene rings is 2. The number of hydrogen-bond donors (Lipinski definition) is 0. The van der Waals surface area contributed by atoms with Crippen molar-refractivity contribution in [3.8, 4) is 11.4 Å². The van der Waals surface area contributed by atoms with Crippen molar-refractivity contribution in [1.29, 1.82) is 0 Å². The molecule has 142 valence electrons. The van der Waals surface area contributed by atoms with E-state index < -0.39 is 0 Å². The van der Waals surface area contributed by atoms with Crippen molar-refractivity contribution in [1.82, 2.24) is 14.8 Å². The number of fused-ring (bicyclic) bond motifs is 1. The molecule has 0 amide bonds. The fraction of sp³-hybridized carbons (Fsp3) is 0.318. The lowest BCUT2D eigenvalue weighted by atomic mass is 10.0. The highest BCUT2D eigenvalue weighted by atomic mass is 32.2. The summed E-state index contributed by atoms with van der Waals surface area (Å²) in [6.45, 7) is 0. The maximum atomic E-state index is 14.3. The molecule has 1 saturated carbocycles. The van der Waals surface area contributed by atoms with E-state index in [4.69, 9.17) is 0 Å². The molecule has 0 spiro atoms. The van der Waals surface area contributed by atoms with Gasteiger partial charge in [0.2, 0.25) is 0 Å². The number of aryl methyl sites for hydroxylation is 2. The van der Waals surface area contributed by atoms with Crippen molar-refractivity contribution < 1.29 is 9.18 Å².